The fourth-order valence-corrected chi connectivity index (χ4v) is 4.27. The van der Waals surface area contributed by atoms with Crippen molar-refractivity contribution >= 4 is 5.91 Å². The van der Waals surface area contributed by atoms with Crippen LogP contribution in [0, 0.1) is 11.7 Å². The van der Waals surface area contributed by atoms with Crippen LogP contribution in [0.3, 0.4) is 0 Å². The summed E-state index contributed by atoms with van der Waals surface area (Å²) in [5.74, 6) is -2.25. The zero-order valence-corrected chi connectivity index (χ0v) is 18.1. The number of benzene rings is 2. The predicted octanol–water partition coefficient (Wildman–Crippen LogP) is 6.18. The van der Waals surface area contributed by atoms with Crippen LogP contribution in [0.25, 0.3) is 0 Å². The largest absolute Gasteiger partial charge is 0.416 e. The Morgan fingerprint density at radius 2 is 1.53 bits per heavy atom. The van der Waals surface area contributed by atoms with Crippen molar-refractivity contribution in [3.63, 3.8) is 0 Å². The van der Waals surface area contributed by atoms with Crippen molar-refractivity contribution in [3.05, 3.63) is 70.5 Å². The number of nitrogens with one attached hydrogen (secondary N) is 1. The minimum atomic E-state index is -4.98. The fraction of sp³-hybridized carbons (Fsp3) is 0.435. The summed E-state index contributed by atoms with van der Waals surface area (Å²) in [6.07, 6.45) is -11.2. The number of ether oxygens (including phenoxy) is 1. The first-order valence-corrected chi connectivity index (χ1v) is 10.3. The van der Waals surface area contributed by atoms with Crippen LogP contribution in [0.4, 0.5) is 30.7 Å². The lowest BCUT2D eigenvalue weighted by molar-refractivity contribution is -0.143. The van der Waals surface area contributed by atoms with Gasteiger partial charge in [-0.15, -0.1) is 0 Å². The van der Waals surface area contributed by atoms with Crippen LogP contribution in [-0.4, -0.2) is 19.1 Å². The van der Waals surface area contributed by atoms with Gasteiger partial charge < -0.3 is 4.74 Å². The first-order chi connectivity index (χ1) is 15.8. The smallest absolute Gasteiger partial charge is 0.370 e. The summed E-state index contributed by atoms with van der Waals surface area (Å²) in [7, 11) is 1.25. The van der Waals surface area contributed by atoms with Crippen molar-refractivity contribution in [2.45, 2.75) is 50.2 Å². The molecule has 4 nitrogen and oxygen atoms in total. The molecule has 1 N–H and O–H groups in total. The molecule has 0 saturated heterocycles. The Balaban J connectivity index is 1.93. The normalized spacial score (nSPS) is 22.0. The van der Waals surface area contributed by atoms with E-state index in [1.165, 1.54) is 38.3 Å². The van der Waals surface area contributed by atoms with Gasteiger partial charge in [0.25, 0.3) is 0 Å². The van der Waals surface area contributed by atoms with E-state index in [0.29, 0.717) is 30.5 Å². The SMILES string of the molecule is CONC(=O)[C@@H]1CC[C@H](O[C@H](C)c2cc(C(F)(F)F)cc(C(F)(F)F)c2)[C@H]1c1ccc(F)cc1. The number of carbonyl (C=O) groups excluding carboxylic acids is 1. The van der Waals surface area contributed by atoms with E-state index in [2.05, 4.69) is 10.3 Å². The van der Waals surface area contributed by atoms with E-state index in [-0.39, 0.29) is 11.6 Å². The molecule has 34 heavy (non-hydrogen) atoms. The van der Waals surface area contributed by atoms with Crippen LogP contribution >= 0.6 is 0 Å². The third kappa shape index (κ3) is 5.87. The number of halogens is 7. The Morgan fingerprint density at radius 3 is 2.03 bits per heavy atom. The molecule has 0 heterocycles. The summed E-state index contributed by atoms with van der Waals surface area (Å²) in [6.45, 7) is 1.35. The number of carbonyl (C=O) groups is 1. The lowest BCUT2D eigenvalue weighted by atomic mass is 9.87. The van der Waals surface area contributed by atoms with Gasteiger partial charge in [0.2, 0.25) is 5.91 Å². The van der Waals surface area contributed by atoms with E-state index >= 15 is 0 Å². The van der Waals surface area contributed by atoms with Crippen molar-refractivity contribution in [1.29, 1.82) is 0 Å². The number of alkyl halides is 6. The molecule has 4 atom stereocenters. The van der Waals surface area contributed by atoms with Gasteiger partial charge in [0.1, 0.15) is 5.82 Å². The molecule has 11 heteroatoms. The van der Waals surface area contributed by atoms with E-state index in [1.807, 2.05) is 0 Å². The van der Waals surface area contributed by atoms with Crippen LogP contribution in [-0.2, 0) is 26.7 Å². The third-order valence-electron chi connectivity index (χ3n) is 5.85. The van der Waals surface area contributed by atoms with Crippen LogP contribution in [0.2, 0.25) is 0 Å². The van der Waals surface area contributed by atoms with Crippen LogP contribution in [0.5, 0.6) is 0 Å². The third-order valence-corrected chi connectivity index (χ3v) is 5.85. The van der Waals surface area contributed by atoms with E-state index in [1.54, 1.807) is 0 Å². The molecule has 0 unspecified atom stereocenters. The lowest BCUT2D eigenvalue weighted by Crippen LogP contribution is -2.34. The Hall–Kier alpha value is -2.66. The summed E-state index contributed by atoms with van der Waals surface area (Å²) in [5, 5.41) is 0. The molecular formula is C23H22F7NO3. The zero-order chi connectivity index (χ0) is 25.3. The average molecular weight is 493 g/mol. The number of hydrogen-bond donors (Lipinski definition) is 1. The van der Waals surface area contributed by atoms with Gasteiger partial charge in [0, 0.05) is 11.8 Å². The van der Waals surface area contributed by atoms with Gasteiger partial charge in [-0.1, -0.05) is 12.1 Å². The molecular weight excluding hydrogens is 471 g/mol. The Bertz CT molecular complexity index is 973. The molecule has 1 amide bonds. The summed E-state index contributed by atoms with van der Waals surface area (Å²) < 4.78 is 98.8. The van der Waals surface area contributed by atoms with Crippen LogP contribution in [0.1, 0.15) is 54.0 Å². The zero-order valence-electron chi connectivity index (χ0n) is 18.1. The van der Waals surface area contributed by atoms with Crippen LogP contribution < -0.4 is 5.48 Å². The van der Waals surface area contributed by atoms with Gasteiger partial charge in [-0.2, -0.15) is 26.3 Å². The standard InChI is InChI=1S/C23H22F7NO3/c1-12(14-9-15(22(25,26)27)11-16(10-14)23(28,29)30)34-19-8-7-18(21(32)31-33-2)20(19)13-3-5-17(24)6-4-13/h3-6,9-12,18-20H,7-8H2,1-2H3,(H,31,32)/t12-,18-,19+,20+/m1/s1. The molecule has 0 radical (unpaired) electrons. The monoisotopic (exact) mass is 493 g/mol. The highest BCUT2D eigenvalue weighted by molar-refractivity contribution is 5.79. The highest BCUT2D eigenvalue weighted by atomic mass is 19.4. The molecule has 0 aliphatic heterocycles. The Kier molecular flexibility index (Phi) is 7.56. The number of rotatable bonds is 6. The van der Waals surface area contributed by atoms with Crippen molar-refractivity contribution in [2.75, 3.05) is 7.11 Å². The number of hydrogen-bond acceptors (Lipinski definition) is 3. The summed E-state index contributed by atoms with van der Waals surface area (Å²) in [4.78, 5) is 17.2. The van der Waals surface area contributed by atoms with E-state index in [4.69, 9.17) is 4.74 Å². The highest BCUT2D eigenvalue weighted by Crippen LogP contribution is 2.44. The Labute approximate surface area is 191 Å². The second-order valence-corrected chi connectivity index (χ2v) is 8.09. The van der Waals surface area contributed by atoms with Crippen molar-refractivity contribution in [1.82, 2.24) is 5.48 Å². The summed E-state index contributed by atoms with van der Waals surface area (Å²) in [5.41, 5.74) is -0.395. The summed E-state index contributed by atoms with van der Waals surface area (Å²) >= 11 is 0. The summed E-state index contributed by atoms with van der Waals surface area (Å²) in [6, 6.07) is 6.62. The molecule has 0 aromatic heterocycles. The minimum absolute atomic E-state index is 0.0538. The maximum atomic E-state index is 13.4. The van der Waals surface area contributed by atoms with E-state index in [0.717, 1.165) is 0 Å². The molecule has 3 rings (SSSR count). The molecule has 1 saturated carbocycles. The van der Waals surface area contributed by atoms with Gasteiger partial charge in [-0.25, -0.2) is 9.87 Å². The second-order valence-electron chi connectivity index (χ2n) is 8.09. The number of hydroxylamine groups is 1. The van der Waals surface area contributed by atoms with Gasteiger partial charge in [0.05, 0.1) is 30.4 Å². The molecule has 2 aromatic rings. The van der Waals surface area contributed by atoms with Gasteiger partial charge >= 0.3 is 12.4 Å². The minimum Gasteiger partial charge on any atom is -0.370 e. The number of amides is 1. The lowest BCUT2D eigenvalue weighted by Gasteiger charge is -2.28. The van der Waals surface area contributed by atoms with Gasteiger partial charge in [-0.05, 0) is 61.2 Å². The van der Waals surface area contributed by atoms with Gasteiger partial charge in [0.15, 0.2) is 0 Å². The fourth-order valence-electron chi connectivity index (χ4n) is 4.27. The Morgan fingerprint density at radius 1 is 0.971 bits per heavy atom. The molecule has 186 valence electrons. The molecule has 1 fully saturated rings. The second kappa shape index (κ2) is 9.91. The van der Waals surface area contributed by atoms with Crippen molar-refractivity contribution in [3.8, 4) is 0 Å². The van der Waals surface area contributed by atoms with Crippen molar-refractivity contribution < 1.29 is 45.1 Å². The first kappa shape index (κ1) is 26.0. The predicted molar refractivity (Wildman–Crippen MR) is 107 cm³/mol. The topological polar surface area (TPSA) is 47.6 Å². The van der Waals surface area contributed by atoms with Crippen molar-refractivity contribution in [2.24, 2.45) is 5.92 Å². The maximum Gasteiger partial charge on any atom is 0.416 e. The molecule has 1 aliphatic rings. The molecule has 0 spiro atoms. The van der Waals surface area contributed by atoms with Crippen LogP contribution in [0.15, 0.2) is 42.5 Å². The molecule has 1 aliphatic carbocycles. The van der Waals surface area contributed by atoms with E-state index in [9.17, 15) is 35.5 Å². The quantitative estimate of drug-likeness (QED) is 0.386. The van der Waals surface area contributed by atoms with Gasteiger partial charge in [-0.3, -0.25) is 9.63 Å². The average Bonchev–Trinajstić information content (AvgIpc) is 3.16. The van der Waals surface area contributed by atoms with E-state index < -0.39 is 59.2 Å². The molecule has 2 aromatic carbocycles. The molecule has 0 bridgehead atoms. The first-order valence-electron chi connectivity index (χ1n) is 10.3. The maximum absolute atomic E-state index is 13.4. The highest BCUT2D eigenvalue weighted by Gasteiger charge is 2.43.